The third kappa shape index (κ3) is 3.83. The Labute approximate surface area is 147 Å². The van der Waals surface area contributed by atoms with Gasteiger partial charge in [-0.25, -0.2) is 9.97 Å². The molecule has 1 aliphatic heterocycles. The first kappa shape index (κ1) is 15.7. The van der Waals surface area contributed by atoms with Gasteiger partial charge in [-0.15, -0.1) is 0 Å². The van der Waals surface area contributed by atoms with Crippen LogP contribution in [0.15, 0.2) is 67.1 Å². The fourth-order valence-electron chi connectivity index (χ4n) is 3.03. The zero-order valence-electron chi connectivity index (χ0n) is 14.0. The molecule has 25 heavy (non-hydrogen) atoms. The lowest BCUT2D eigenvalue weighted by molar-refractivity contribution is 0.0364. The molecular formula is C20H20N4O. The van der Waals surface area contributed by atoms with E-state index in [1.54, 1.807) is 12.4 Å². The highest BCUT2D eigenvalue weighted by Gasteiger charge is 2.24. The van der Waals surface area contributed by atoms with Gasteiger partial charge in [0.15, 0.2) is 0 Å². The number of rotatable bonds is 4. The van der Waals surface area contributed by atoms with Crippen LogP contribution in [0.1, 0.15) is 22.9 Å². The van der Waals surface area contributed by atoms with E-state index in [1.807, 2.05) is 18.3 Å². The second kappa shape index (κ2) is 7.40. The highest BCUT2D eigenvalue weighted by molar-refractivity contribution is 5.31. The molecule has 5 nitrogen and oxygen atoms in total. The molecule has 0 aliphatic carbocycles. The van der Waals surface area contributed by atoms with Gasteiger partial charge in [-0.2, -0.15) is 0 Å². The molecule has 1 aromatic carbocycles. The van der Waals surface area contributed by atoms with Crippen LogP contribution in [0.2, 0.25) is 0 Å². The number of aromatic nitrogens is 3. The third-order valence-corrected chi connectivity index (χ3v) is 4.33. The minimum absolute atomic E-state index is 0.0525. The summed E-state index contributed by atoms with van der Waals surface area (Å²) in [4.78, 5) is 15.4. The van der Waals surface area contributed by atoms with Crippen LogP contribution in [0.4, 0.5) is 5.95 Å². The van der Waals surface area contributed by atoms with E-state index < -0.39 is 0 Å². The molecule has 0 bridgehead atoms. The number of anilines is 1. The summed E-state index contributed by atoms with van der Waals surface area (Å²) < 4.78 is 5.91. The maximum atomic E-state index is 5.91. The lowest BCUT2D eigenvalue weighted by atomic mass is 10.1. The molecule has 0 unspecified atom stereocenters. The molecule has 1 atom stereocenters. The Bertz CT molecular complexity index is 793. The highest BCUT2D eigenvalue weighted by atomic mass is 16.5. The van der Waals surface area contributed by atoms with Crippen molar-refractivity contribution in [3.8, 4) is 0 Å². The molecule has 5 heteroatoms. The molecule has 1 saturated heterocycles. The van der Waals surface area contributed by atoms with E-state index in [-0.39, 0.29) is 6.10 Å². The third-order valence-electron chi connectivity index (χ3n) is 4.33. The summed E-state index contributed by atoms with van der Waals surface area (Å²) in [6.07, 6.45) is 6.32. The highest BCUT2D eigenvalue weighted by Crippen LogP contribution is 2.23. The number of benzene rings is 1. The standard InChI is InChI=1S/C20H20N4O/c1-2-5-16(6-3-1)13-17-7-8-18(23-14-17)19-15-24(11-12-25-19)20-21-9-4-10-22-20/h1-10,14,19H,11-13,15H2/t19-/m0/s1. The molecule has 0 spiro atoms. The first-order chi connectivity index (χ1) is 12.4. The normalized spacial score (nSPS) is 17.4. The fourth-order valence-corrected chi connectivity index (χ4v) is 3.03. The van der Waals surface area contributed by atoms with E-state index in [1.165, 1.54) is 11.1 Å². The Morgan fingerprint density at radius 2 is 1.76 bits per heavy atom. The van der Waals surface area contributed by atoms with Gasteiger partial charge in [0, 0.05) is 25.1 Å². The van der Waals surface area contributed by atoms with Crippen LogP contribution in [0, 0.1) is 0 Å². The Morgan fingerprint density at radius 1 is 0.920 bits per heavy atom. The first-order valence-electron chi connectivity index (χ1n) is 8.51. The number of nitrogens with zero attached hydrogens (tertiary/aromatic N) is 4. The van der Waals surface area contributed by atoms with Gasteiger partial charge in [0.25, 0.3) is 0 Å². The van der Waals surface area contributed by atoms with E-state index >= 15 is 0 Å². The lowest BCUT2D eigenvalue weighted by Gasteiger charge is -2.32. The largest absolute Gasteiger partial charge is 0.368 e. The average Bonchev–Trinajstić information content (AvgIpc) is 2.70. The Kier molecular flexibility index (Phi) is 4.65. The second-order valence-corrected chi connectivity index (χ2v) is 6.11. The number of pyridine rings is 1. The minimum Gasteiger partial charge on any atom is -0.368 e. The maximum Gasteiger partial charge on any atom is 0.225 e. The SMILES string of the molecule is c1ccc(Cc2ccc([C@@H]3CN(c4ncccn4)CCO3)nc2)cc1. The van der Waals surface area contributed by atoms with Crippen LogP contribution in [0.5, 0.6) is 0 Å². The van der Waals surface area contributed by atoms with Crippen molar-refractivity contribution in [1.29, 1.82) is 0 Å². The molecule has 0 N–H and O–H groups in total. The van der Waals surface area contributed by atoms with Crippen LogP contribution < -0.4 is 4.90 Å². The Morgan fingerprint density at radius 3 is 2.52 bits per heavy atom. The monoisotopic (exact) mass is 332 g/mol. The van der Waals surface area contributed by atoms with E-state index in [9.17, 15) is 0 Å². The van der Waals surface area contributed by atoms with Gasteiger partial charge in [-0.3, -0.25) is 4.98 Å². The summed E-state index contributed by atoms with van der Waals surface area (Å²) in [6, 6.07) is 16.5. The quantitative estimate of drug-likeness (QED) is 0.735. The molecule has 126 valence electrons. The van der Waals surface area contributed by atoms with Crippen molar-refractivity contribution >= 4 is 5.95 Å². The van der Waals surface area contributed by atoms with Crippen LogP contribution in [-0.4, -0.2) is 34.6 Å². The van der Waals surface area contributed by atoms with Crippen LogP contribution in [0.25, 0.3) is 0 Å². The second-order valence-electron chi connectivity index (χ2n) is 6.11. The lowest BCUT2D eigenvalue weighted by Crippen LogP contribution is -2.39. The topological polar surface area (TPSA) is 51.1 Å². The van der Waals surface area contributed by atoms with Crippen molar-refractivity contribution in [1.82, 2.24) is 15.0 Å². The molecule has 0 amide bonds. The Hall–Kier alpha value is -2.79. The summed E-state index contributed by atoms with van der Waals surface area (Å²) in [5.41, 5.74) is 3.45. The molecule has 3 heterocycles. The molecule has 0 saturated carbocycles. The number of hydrogen-bond acceptors (Lipinski definition) is 5. The van der Waals surface area contributed by atoms with Crippen molar-refractivity contribution in [3.63, 3.8) is 0 Å². The zero-order chi connectivity index (χ0) is 16.9. The Balaban J connectivity index is 1.44. The van der Waals surface area contributed by atoms with E-state index in [0.29, 0.717) is 6.61 Å². The number of hydrogen-bond donors (Lipinski definition) is 0. The molecule has 1 aliphatic rings. The van der Waals surface area contributed by atoms with Crippen molar-refractivity contribution in [2.75, 3.05) is 24.6 Å². The smallest absolute Gasteiger partial charge is 0.225 e. The zero-order valence-corrected chi connectivity index (χ0v) is 14.0. The van der Waals surface area contributed by atoms with Gasteiger partial charge in [-0.05, 0) is 29.7 Å². The maximum absolute atomic E-state index is 5.91. The van der Waals surface area contributed by atoms with Crippen LogP contribution in [-0.2, 0) is 11.2 Å². The van der Waals surface area contributed by atoms with E-state index in [2.05, 4.69) is 56.3 Å². The molecular weight excluding hydrogens is 312 g/mol. The van der Waals surface area contributed by atoms with Crippen molar-refractivity contribution in [2.45, 2.75) is 12.5 Å². The van der Waals surface area contributed by atoms with Gasteiger partial charge in [0.05, 0.1) is 18.8 Å². The minimum atomic E-state index is -0.0525. The van der Waals surface area contributed by atoms with Gasteiger partial charge in [-0.1, -0.05) is 36.4 Å². The summed E-state index contributed by atoms with van der Waals surface area (Å²) in [7, 11) is 0. The van der Waals surface area contributed by atoms with Crippen LogP contribution in [0.3, 0.4) is 0 Å². The summed E-state index contributed by atoms with van der Waals surface area (Å²) >= 11 is 0. The van der Waals surface area contributed by atoms with Crippen molar-refractivity contribution in [3.05, 3.63) is 83.9 Å². The fraction of sp³-hybridized carbons (Fsp3) is 0.250. The molecule has 3 aromatic rings. The predicted octanol–water partition coefficient (Wildman–Crippen LogP) is 3.04. The summed E-state index contributed by atoms with van der Waals surface area (Å²) in [5, 5.41) is 0. The molecule has 1 fully saturated rings. The summed E-state index contributed by atoms with van der Waals surface area (Å²) in [6.45, 7) is 2.16. The predicted molar refractivity (Wildman–Crippen MR) is 96.4 cm³/mol. The number of ether oxygens (including phenoxy) is 1. The first-order valence-corrected chi connectivity index (χ1v) is 8.51. The molecule has 2 aromatic heterocycles. The average molecular weight is 332 g/mol. The van der Waals surface area contributed by atoms with Gasteiger partial charge < -0.3 is 9.64 Å². The van der Waals surface area contributed by atoms with Crippen molar-refractivity contribution in [2.24, 2.45) is 0 Å². The van der Waals surface area contributed by atoms with E-state index in [4.69, 9.17) is 4.74 Å². The molecule has 4 rings (SSSR count). The molecule has 0 radical (unpaired) electrons. The summed E-state index contributed by atoms with van der Waals surface area (Å²) in [5.74, 6) is 0.747. The van der Waals surface area contributed by atoms with Gasteiger partial charge in [0.1, 0.15) is 6.10 Å². The van der Waals surface area contributed by atoms with E-state index in [0.717, 1.165) is 31.2 Å². The number of morpholine rings is 1. The van der Waals surface area contributed by atoms with Gasteiger partial charge in [0.2, 0.25) is 5.95 Å². The van der Waals surface area contributed by atoms with Gasteiger partial charge >= 0.3 is 0 Å². The van der Waals surface area contributed by atoms with Crippen molar-refractivity contribution < 1.29 is 4.74 Å². The van der Waals surface area contributed by atoms with Crippen LogP contribution >= 0.6 is 0 Å².